The maximum atomic E-state index is 13.5. The normalized spacial score (nSPS) is 11.3. The van der Waals surface area contributed by atoms with Crippen LogP contribution >= 0.6 is 11.6 Å². The molecule has 0 saturated heterocycles. The Morgan fingerprint density at radius 3 is 2.56 bits per heavy atom. The molecule has 0 aliphatic carbocycles. The highest BCUT2D eigenvalue weighted by Crippen LogP contribution is 2.28. The molecule has 18 heavy (non-hydrogen) atoms. The van der Waals surface area contributed by atoms with Gasteiger partial charge in [0.2, 0.25) is 5.82 Å². The Morgan fingerprint density at radius 1 is 1.50 bits per heavy atom. The van der Waals surface area contributed by atoms with Crippen LogP contribution in [-0.4, -0.2) is 16.7 Å². The zero-order valence-corrected chi connectivity index (χ0v) is 10.8. The van der Waals surface area contributed by atoms with Gasteiger partial charge in [-0.25, -0.2) is 20.6 Å². The minimum atomic E-state index is -1.42. The molecule has 0 atom stereocenters. The number of rotatable bonds is 1. The minimum Gasteiger partial charge on any atom is -0.442 e. The van der Waals surface area contributed by atoms with Gasteiger partial charge in [-0.15, -0.1) is 0 Å². The molecule has 0 saturated carbocycles. The number of hydrazine groups is 1. The molecule has 8 heteroatoms. The summed E-state index contributed by atoms with van der Waals surface area (Å²) >= 11 is 5.61. The molecule has 0 aliphatic rings. The minimum absolute atomic E-state index is 0.299. The van der Waals surface area contributed by atoms with Crippen LogP contribution in [0, 0.1) is 11.8 Å². The Hall–Kier alpha value is -1.47. The quantitative estimate of drug-likeness (QED) is 0.371. The molecule has 1 amide bonds. The fourth-order valence-electron chi connectivity index (χ4n) is 1.06. The molecule has 0 spiro atoms. The van der Waals surface area contributed by atoms with E-state index in [9.17, 15) is 13.6 Å². The van der Waals surface area contributed by atoms with E-state index in [4.69, 9.17) is 22.2 Å². The molecule has 1 heterocycles. The molecule has 2 N–H and O–H groups in total. The van der Waals surface area contributed by atoms with Gasteiger partial charge in [0.15, 0.2) is 0 Å². The first-order valence-corrected chi connectivity index (χ1v) is 5.28. The average Bonchev–Trinajstić information content (AvgIpc) is 2.21. The monoisotopic (exact) mass is 279 g/mol. The highest BCUT2D eigenvalue weighted by molar-refractivity contribution is 6.33. The predicted octanol–water partition coefficient (Wildman–Crippen LogP) is 2.63. The average molecular weight is 280 g/mol. The molecule has 0 fully saturated rings. The second-order valence-corrected chi connectivity index (χ2v) is 4.82. The fraction of sp³-hybridized carbons (Fsp3) is 0.400. The Morgan fingerprint density at radius 2 is 2.06 bits per heavy atom. The van der Waals surface area contributed by atoms with Crippen molar-refractivity contribution in [2.45, 2.75) is 26.4 Å². The Labute approximate surface area is 107 Å². The van der Waals surface area contributed by atoms with Crippen molar-refractivity contribution in [3.63, 3.8) is 0 Å². The lowest BCUT2D eigenvalue weighted by Gasteiger charge is -2.24. The zero-order valence-electron chi connectivity index (χ0n) is 10.00. The van der Waals surface area contributed by atoms with Crippen LogP contribution in [0.3, 0.4) is 0 Å². The first-order valence-electron chi connectivity index (χ1n) is 4.91. The van der Waals surface area contributed by atoms with Crippen molar-refractivity contribution in [3.05, 3.63) is 23.0 Å². The van der Waals surface area contributed by atoms with E-state index in [0.717, 1.165) is 6.20 Å². The van der Waals surface area contributed by atoms with Crippen molar-refractivity contribution in [2.24, 2.45) is 5.84 Å². The van der Waals surface area contributed by atoms with Crippen LogP contribution in [0.4, 0.5) is 19.3 Å². The third-order valence-electron chi connectivity index (χ3n) is 1.74. The van der Waals surface area contributed by atoms with Gasteiger partial charge in [0, 0.05) is 0 Å². The highest BCUT2D eigenvalue weighted by atomic mass is 35.5. The Bertz CT molecular complexity index is 477. The van der Waals surface area contributed by atoms with Gasteiger partial charge in [0.1, 0.15) is 11.3 Å². The first-order chi connectivity index (χ1) is 8.13. The lowest BCUT2D eigenvalue weighted by atomic mass is 10.2. The van der Waals surface area contributed by atoms with Gasteiger partial charge in [-0.2, -0.15) is 8.78 Å². The van der Waals surface area contributed by atoms with E-state index in [1.54, 1.807) is 20.8 Å². The smallest absolute Gasteiger partial charge is 0.429 e. The summed E-state index contributed by atoms with van der Waals surface area (Å²) in [5, 5.41) is -0.00418. The van der Waals surface area contributed by atoms with Gasteiger partial charge in [0.25, 0.3) is 5.95 Å². The Kier molecular flexibility index (Phi) is 4.08. The number of ether oxygens (including phenoxy) is 1. The van der Waals surface area contributed by atoms with Crippen molar-refractivity contribution >= 4 is 23.4 Å². The molecule has 5 nitrogen and oxygen atoms in total. The van der Waals surface area contributed by atoms with Crippen LogP contribution in [-0.2, 0) is 4.74 Å². The van der Waals surface area contributed by atoms with Crippen LogP contribution in [0.1, 0.15) is 20.8 Å². The van der Waals surface area contributed by atoms with Crippen LogP contribution in [0.15, 0.2) is 6.20 Å². The standard InChI is InChI=1S/C10H12ClF2N3O2/c1-10(2,3)18-9(17)16(14)7-5(11)4-15-8(13)6(7)12/h4H,14H2,1-3H3. The molecular weight excluding hydrogens is 268 g/mol. The third-order valence-corrected chi connectivity index (χ3v) is 2.01. The predicted molar refractivity (Wildman–Crippen MR) is 62.1 cm³/mol. The van der Waals surface area contributed by atoms with Gasteiger partial charge < -0.3 is 4.74 Å². The summed E-state index contributed by atoms with van der Waals surface area (Å²) < 4.78 is 31.3. The van der Waals surface area contributed by atoms with E-state index >= 15 is 0 Å². The third kappa shape index (κ3) is 3.27. The molecule has 0 radical (unpaired) electrons. The van der Waals surface area contributed by atoms with Crippen LogP contribution < -0.4 is 10.9 Å². The zero-order chi connectivity index (χ0) is 14.1. The number of nitrogens with zero attached hydrogens (tertiary/aromatic N) is 2. The maximum Gasteiger partial charge on any atom is 0.429 e. The van der Waals surface area contributed by atoms with E-state index in [1.165, 1.54) is 0 Å². The van der Waals surface area contributed by atoms with Crippen molar-refractivity contribution in [3.8, 4) is 0 Å². The van der Waals surface area contributed by atoms with E-state index in [1.807, 2.05) is 0 Å². The molecule has 0 aliphatic heterocycles. The van der Waals surface area contributed by atoms with Gasteiger partial charge in [0.05, 0.1) is 11.2 Å². The summed E-state index contributed by atoms with van der Waals surface area (Å²) in [5.74, 6) is 2.53. The lowest BCUT2D eigenvalue weighted by Crippen LogP contribution is -2.42. The number of aromatic nitrogens is 1. The molecular formula is C10H12ClF2N3O2. The topological polar surface area (TPSA) is 68.5 Å². The molecule has 0 unspecified atom stereocenters. The number of halogens is 3. The van der Waals surface area contributed by atoms with E-state index < -0.39 is 29.1 Å². The first kappa shape index (κ1) is 14.6. The Balaban J connectivity index is 3.08. The van der Waals surface area contributed by atoms with Crippen molar-refractivity contribution < 1.29 is 18.3 Å². The molecule has 0 bridgehead atoms. The highest BCUT2D eigenvalue weighted by Gasteiger charge is 2.26. The summed E-state index contributed by atoms with van der Waals surface area (Å²) in [5.41, 5.74) is -1.46. The maximum absolute atomic E-state index is 13.5. The van der Waals surface area contributed by atoms with Crippen LogP contribution in [0.25, 0.3) is 0 Å². The lowest BCUT2D eigenvalue weighted by molar-refractivity contribution is 0.0578. The van der Waals surface area contributed by atoms with E-state index in [0.29, 0.717) is 5.01 Å². The number of carbonyl (C=O) groups excluding carboxylic acids is 1. The van der Waals surface area contributed by atoms with Crippen LogP contribution in [0.2, 0.25) is 5.02 Å². The number of carbonyl (C=O) groups is 1. The number of anilines is 1. The van der Waals surface area contributed by atoms with Gasteiger partial charge in [-0.05, 0) is 20.8 Å². The summed E-state index contributed by atoms with van der Waals surface area (Å²) in [7, 11) is 0. The second kappa shape index (κ2) is 5.03. The van der Waals surface area contributed by atoms with E-state index in [2.05, 4.69) is 4.98 Å². The molecule has 1 aromatic rings. The summed E-state index contributed by atoms with van der Waals surface area (Å²) in [4.78, 5) is 14.6. The van der Waals surface area contributed by atoms with Gasteiger partial charge in [-0.3, -0.25) is 0 Å². The van der Waals surface area contributed by atoms with Crippen LogP contribution in [0.5, 0.6) is 0 Å². The van der Waals surface area contributed by atoms with Crippen molar-refractivity contribution in [1.82, 2.24) is 4.98 Å². The number of pyridine rings is 1. The largest absolute Gasteiger partial charge is 0.442 e. The fourth-order valence-corrected chi connectivity index (χ4v) is 1.28. The van der Waals surface area contributed by atoms with Gasteiger partial charge >= 0.3 is 6.09 Å². The molecule has 0 aromatic carbocycles. The summed E-state index contributed by atoms with van der Waals surface area (Å²) in [6.07, 6.45) is -0.214. The number of nitrogens with two attached hydrogens (primary N) is 1. The molecule has 1 rings (SSSR count). The number of amides is 1. The van der Waals surface area contributed by atoms with Crippen molar-refractivity contribution in [1.29, 1.82) is 0 Å². The summed E-state index contributed by atoms with van der Waals surface area (Å²) in [6.45, 7) is 4.80. The molecule has 1 aromatic heterocycles. The van der Waals surface area contributed by atoms with E-state index in [-0.39, 0.29) is 5.02 Å². The number of hydrogen-bond donors (Lipinski definition) is 1. The number of hydrogen-bond acceptors (Lipinski definition) is 4. The molecule has 100 valence electrons. The second-order valence-electron chi connectivity index (χ2n) is 4.41. The summed E-state index contributed by atoms with van der Waals surface area (Å²) in [6, 6.07) is 0. The SMILES string of the molecule is CC(C)(C)OC(=O)N(N)c1c(Cl)cnc(F)c1F. The van der Waals surface area contributed by atoms with Crippen molar-refractivity contribution in [2.75, 3.05) is 5.01 Å². The van der Waals surface area contributed by atoms with Gasteiger partial charge in [-0.1, -0.05) is 11.6 Å².